The van der Waals surface area contributed by atoms with Gasteiger partial charge in [0.2, 0.25) is 0 Å². The second-order valence-electron chi connectivity index (χ2n) is 11.9. The SMILES string of the molecule is Cc1cc(C(O)C(=O)c2cccc(C(F)(F)F)c2)ccc1OC(F)F.Cc1cc(C(O)C2(c3cccc(C(F)(F)F)c3)SCCCS2)ccc1OC(F)F. The standard InChI is InChI=1S/C20H19F5O2S2.C17H13F5O3/c1-12-10-13(6-7-16(12)27-18(21)22)17(26)19(28-8-3-9-29-19)14-4-2-5-15(11-14)20(23,24)25;1-9-7-11(5-6-13(9)25-16(18)19)15(24)14(23)10-3-2-4-12(8-10)17(20,21)22/h2,4-7,10-11,17-18,26H,3,8-9H2,1H3;2-8,15-16,24H,1H3. The van der Waals surface area contributed by atoms with Crippen LogP contribution in [0.25, 0.3) is 0 Å². The van der Waals surface area contributed by atoms with E-state index in [2.05, 4.69) is 9.47 Å². The molecule has 1 aliphatic heterocycles. The van der Waals surface area contributed by atoms with E-state index in [1.54, 1.807) is 13.0 Å². The quantitative estimate of drug-likeness (QED) is 0.122. The van der Waals surface area contributed by atoms with Gasteiger partial charge in [0.1, 0.15) is 27.8 Å². The van der Waals surface area contributed by atoms with Crippen molar-refractivity contribution in [2.45, 2.75) is 62.1 Å². The zero-order chi connectivity index (χ0) is 40.0. The number of Topliss-reactive ketones (excluding diaryl/α,β-unsaturated/α-hetero) is 1. The molecule has 0 spiro atoms. The highest BCUT2D eigenvalue weighted by Crippen LogP contribution is 2.58. The van der Waals surface area contributed by atoms with E-state index in [9.17, 15) is 58.9 Å². The Morgan fingerprint density at radius 2 is 1.17 bits per heavy atom. The molecule has 4 aromatic rings. The molecule has 1 saturated heterocycles. The summed E-state index contributed by atoms with van der Waals surface area (Å²) in [6, 6.07) is 16.6. The lowest BCUT2D eigenvalue weighted by Gasteiger charge is -2.41. The number of rotatable bonds is 10. The number of halogens is 10. The molecule has 0 amide bonds. The van der Waals surface area contributed by atoms with Crippen molar-refractivity contribution in [1.82, 2.24) is 0 Å². The van der Waals surface area contributed by atoms with Crippen molar-refractivity contribution >= 4 is 29.3 Å². The predicted molar refractivity (Wildman–Crippen MR) is 184 cm³/mol. The van der Waals surface area contributed by atoms with E-state index in [4.69, 9.17) is 0 Å². The monoisotopic (exact) mass is 810 g/mol. The molecule has 292 valence electrons. The van der Waals surface area contributed by atoms with Crippen molar-refractivity contribution in [1.29, 1.82) is 0 Å². The summed E-state index contributed by atoms with van der Waals surface area (Å²) >= 11 is 2.80. The number of alkyl halides is 10. The molecule has 1 heterocycles. The lowest BCUT2D eigenvalue weighted by molar-refractivity contribution is -0.138. The predicted octanol–water partition coefficient (Wildman–Crippen LogP) is 10.9. The molecule has 4 aromatic carbocycles. The minimum atomic E-state index is -4.62. The fourth-order valence-corrected chi connectivity index (χ4v) is 8.84. The maximum absolute atomic E-state index is 13.2. The van der Waals surface area contributed by atoms with Crippen molar-refractivity contribution in [2.24, 2.45) is 0 Å². The molecule has 1 aliphatic rings. The molecule has 2 unspecified atom stereocenters. The molecular weight excluding hydrogens is 779 g/mol. The van der Waals surface area contributed by atoms with E-state index in [0.29, 0.717) is 34.3 Å². The van der Waals surface area contributed by atoms with Gasteiger partial charge < -0.3 is 19.7 Å². The summed E-state index contributed by atoms with van der Waals surface area (Å²) in [5.74, 6) is 0.302. The van der Waals surface area contributed by atoms with Crippen LogP contribution in [0.2, 0.25) is 0 Å². The number of aliphatic hydroxyl groups is 2. The first kappa shape index (κ1) is 42.8. The van der Waals surface area contributed by atoms with Crippen LogP contribution in [0.5, 0.6) is 11.5 Å². The van der Waals surface area contributed by atoms with Crippen molar-refractivity contribution in [2.75, 3.05) is 11.5 Å². The second kappa shape index (κ2) is 17.7. The maximum atomic E-state index is 13.2. The first-order chi connectivity index (χ1) is 25.2. The lowest BCUT2D eigenvalue weighted by Crippen LogP contribution is -2.31. The average molecular weight is 811 g/mol. The van der Waals surface area contributed by atoms with Gasteiger partial charge in [-0.3, -0.25) is 4.79 Å². The summed E-state index contributed by atoms with van der Waals surface area (Å²) < 4.78 is 135. The van der Waals surface area contributed by atoms with Crippen LogP contribution in [-0.4, -0.2) is 40.7 Å². The number of ether oxygens (including phenoxy) is 2. The molecule has 0 radical (unpaired) electrons. The molecule has 2 N–H and O–H groups in total. The van der Waals surface area contributed by atoms with Gasteiger partial charge in [-0.15, -0.1) is 23.5 Å². The first-order valence-corrected chi connectivity index (χ1v) is 17.8. The highest BCUT2D eigenvalue weighted by atomic mass is 32.2. The van der Waals surface area contributed by atoms with E-state index in [1.807, 2.05) is 0 Å². The number of aryl methyl sites for hydroxylation is 2. The van der Waals surface area contributed by atoms with Gasteiger partial charge in [-0.2, -0.15) is 43.9 Å². The topological polar surface area (TPSA) is 76.0 Å². The normalized spacial score (nSPS) is 15.6. The number of carbonyl (C=O) groups excluding carboxylic acids is 1. The van der Waals surface area contributed by atoms with Crippen LogP contribution in [-0.2, 0) is 16.4 Å². The van der Waals surface area contributed by atoms with Crippen molar-refractivity contribution in [3.05, 3.63) is 129 Å². The zero-order valence-electron chi connectivity index (χ0n) is 28.2. The van der Waals surface area contributed by atoms with Crippen molar-refractivity contribution < 1.29 is 68.4 Å². The Morgan fingerprint density at radius 1 is 0.685 bits per heavy atom. The van der Waals surface area contributed by atoms with Crippen LogP contribution in [0, 0.1) is 13.8 Å². The van der Waals surface area contributed by atoms with Crippen LogP contribution in [0.3, 0.4) is 0 Å². The van der Waals surface area contributed by atoms with Gasteiger partial charge in [0.25, 0.3) is 0 Å². The summed E-state index contributed by atoms with van der Waals surface area (Å²) in [6.45, 7) is -2.99. The van der Waals surface area contributed by atoms with Crippen molar-refractivity contribution in [3.63, 3.8) is 0 Å². The molecule has 0 bridgehead atoms. The second-order valence-corrected chi connectivity index (χ2v) is 14.8. The van der Waals surface area contributed by atoms with Gasteiger partial charge in [0.05, 0.1) is 11.1 Å². The minimum Gasteiger partial charge on any atom is -0.435 e. The molecule has 0 aromatic heterocycles. The van der Waals surface area contributed by atoms with E-state index in [0.717, 1.165) is 42.8 Å². The average Bonchev–Trinajstić information content (AvgIpc) is 3.12. The van der Waals surface area contributed by atoms with Gasteiger partial charge in [-0.25, -0.2) is 0 Å². The number of hydrogen-bond acceptors (Lipinski definition) is 7. The molecule has 2 atom stereocenters. The largest absolute Gasteiger partial charge is 0.435 e. The lowest BCUT2D eigenvalue weighted by atomic mass is 9.97. The fourth-order valence-electron chi connectivity index (χ4n) is 5.46. The van der Waals surface area contributed by atoms with E-state index in [-0.39, 0.29) is 28.2 Å². The van der Waals surface area contributed by atoms with E-state index < -0.39 is 58.8 Å². The van der Waals surface area contributed by atoms with Gasteiger partial charge in [0.15, 0.2) is 5.78 Å². The zero-order valence-corrected chi connectivity index (χ0v) is 29.9. The number of thioether (sulfide) groups is 2. The molecular formula is C37H32F10O5S2. The van der Waals surface area contributed by atoms with Crippen LogP contribution in [0.1, 0.15) is 67.9 Å². The first-order valence-electron chi connectivity index (χ1n) is 15.9. The Labute approximate surface area is 311 Å². The summed E-state index contributed by atoms with van der Waals surface area (Å²) in [6.07, 6.45) is -11.1. The molecule has 54 heavy (non-hydrogen) atoms. The van der Waals surface area contributed by atoms with E-state index in [1.165, 1.54) is 66.8 Å². The third kappa shape index (κ3) is 10.6. The molecule has 5 nitrogen and oxygen atoms in total. The Balaban J connectivity index is 0.000000244. The smallest absolute Gasteiger partial charge is 0.416 e. The van der Waals surface area contributed by atoms with Gasteiger partial charge >= 0.3 is 25.6 Å². The number of carbonyl (C=O) groups is 1. The summed E-state index contributed by atoms with van der Waals surface area (Å²) in [5.41, 5.74) is -0.578. The number of benzene rings is 4. The van der Waals surface area contributed by atoms with Crippen molar-refractivity contribution in [3.8, 4) is 11.5 Å². The van der Waals surface area contributed by atoms with Crippen LogP contribution < -0.4 is 9.47 Å². The summed E-state index contributed by atoms with van der Waals surface area (Å²) in [4.78, 5) is 12.2. The van der Waals surface area contributed by atoms with Gasteiger partial charge in [-0.1, -0.05) is 36.4 Å². The van der Waals surface area contributed by atoms with Crippen LogP contribution >= 0.6 is 23.5 Å². The number of ketones is 1. The Kier molecular flexibility index (Phi) is 14.0. The summed E-state index contributed by atoms with van der Waals surface area (Å²) in [5, 5.41) is 21.3. The summed E-state index contributed by atoms with van der Waals surface area (Å²) in [7, 11) is 0. The Morgan fingerprint density at radius 3 is 1.67 bits per heavy atom. The van der Waals surface area contributed by atoms with Gasteiger partial charge in [0, 0.05) is 5.56 Å². The minimum absolute atomic E-state index is 0.00646. The number of aliphatic hydroxyl groups excluding tert-OH is 2. The number of hydrogen-bond donors (Lipinski definition) is 2. The van der Waals surface area contributed by atoms with Crippen LogP contribution in [0.4, 0.5) is 43.9 Å². The Bertz CT molecular complexity index is 1900. The Hall–Kier alpha value is -3.93. The van der Waals surface area contributed by atoms with Gasteiger partial charge in [-0.05, 0) is 108 Å². The third-order valence-corrected chi connectivity index (χ3v) is 11.5. The van der Waals surface area contributed by atoms with Crippen LogP contribution in [0.15, 0.2) is 84.9 Å². The molecule has 1 fully saturated rings. The highest BCUT2D eigenvalue weighted by Gasteiger charge is 2.45. The molecule has 17 heteroatoms. The third-order valence-electron chi connectivity index (χ3n) is 8.06. The fraction of sp³-hybridized carbons (Fsp3) is 0.324. The molecule has 0 saturated carbocycles. The maximum Gasteiger partial charge on any atom is 0.416 e. The molecule has 5 rings (SSSR count). The highest BCUT2D eigenvalue weighted by molar-refractivity contribution is 8.18. The van der Waals surface area contributed by atoms with E-state index >= 15 is 0 Å². The molecule has 0 aliphatic carbocycles.